The molecule has 1 aliphatic carbocycles. The standard InChI is InChI=1S/C16H12Cl2O2/c1-20-15-4-2-3-10-14(19)8-11(16(10)15)9-5-6-12(17)13(18)7-9/h2-7,11H,8H2,1H3/t11-/m0/s1. The number of hydrogen-bond acceptors (Lipinski definition) is 2. The van der Waals surface area contributed by atoms with Crippen molar-refractivity contribution < 1.29 is 9.53 Å². The summed E-state index contributed by atoms with van der Waals surface area (Å²) in [5.74, 6) is 0.850. The molecule has 0 saturated carbocycles. The van der Waals surface area contributed by atoms with Crippen LogP contribution in [0.3, 0.4) is 0 Å². The molecule has 4 heteroatoms. The first-order valence-corrected chi connectivity index (χ1v) is 7.02. The van der Waals surface area contributed by atoms with Gasteiger partial charge in [-0.1, -0.05) is 41.4 Å². The molecule has 0 radical (unpaired) electrons. The maximum atomic E-state index is 12.2. The zero-order chi connectivity index (χ0) is 14.3. The summed E-state index contributed by atoms with van der Waals surface area (Å²) < 4.78 is 5.40. The minimum absolute atomic E-state index is 0.0246. The lowest BCUT2D eigenvalue weighted by molar-refractivity contribution is 0.0991. The predicted molar refractivity (Wildman–Crippen MR) is 80.2 cm³/mol. The number of Topliss-reactive ketones (excluding diaryl/α,β-unsaturated/α-hetero) is 1. The fraction of sp³-hybridized carbons (Fsp3) is 0.188. The number of benzene rings is 2. The van der Waals surface area contributed by atoms with Crippen LogP contribution in [0.25, 0.3) is 0 Å². The van der Waals surface area contributed by atoms with Crippen molar-refractivity contribution in [3.05, 3.63) is 63.1 Å². The highest BCUT2D eigenvalue weighted by Gasteiger charge is 2.33. The molecule has 1 aliphatic rings. The number of rotatable bonds is 2. The van der Waals surface area contributed by atoms with E-state index in [4.69, 9.17) is 27.9 Å². The normalized spacial score (nSPS) is 17.1. The lowest BCUT2D eigenvalue weighted by atomic mass is 9.92. The number of methoxy groups -OCH3 is 1. The molecule has 0 fully saturated rings. The van der Waals surface area contributed by atoms with Crippen molar-refractivity contribution in [3.63, 3.8) is 0 Å². The van der Waals surface area contributed by atoms with Gasteiger partial charge in [-0.05, 0) is 23.8 Å². The first-order chi connectivity index (χ1) is 9.61. The van der Waals surface area contributed by atoms with Gasteiger partial charge >= 0.3 is 0 Å². The second-order valence-electron chi connectivity index (χ2n) is 4.77. The molecular weight excluding hydrogens is 295 g/mol. The number of ether oxygens (including phenoxy) is 1. The first-order valence-electron chi connectivity index (χ1n) is 6.27. The molecule has 1 atom stereocenters. The lowest BCUT2D eigenvalue weighted by Gasteiger charge is -2.15. The molecule has 2 aromatic carbocycles. The van der Waals surface area contributed by atoms with Crippen molar-refractivity contribution >= 4 is 29.0 Å². The fourth-order valence-corrected chi connectivity index (χ4v) is 3.04. The van der Waals surface area contributed by atoms with Gasteiger partial charge in [0.1, 0.15) is 5.75 Å². The van der Waals surface area contributed by atoms with E-state index in [1.54, 1.807) is 13.2 Å². The van der Waals surface area contributed by atoms with Crippen LogP contribution in [0.15, 0.2) is 36.4 Å². The van der Waals surface area contributed by atoms with E-state index in [-0.39, 0.29) is 11.7 Å². The molecule has 3 rings (SSSR count). The Morgan fingerprint density at radius 2 is 1.95 bits per heavy atom. The highest BCUT2D eigenvalue weighted by molar-refractivity contribution is 6.42. The van der Waals surface area contributed by atoms with E-state index in [0.29, 0.717) is 16.5 Å². The molecular formula is C16H12Cl2O2. The fourth-order valence-electron chi connectivity index (χ4n) is 2.74. The van der Waals surface area contributed by atoms with Gasteiger partial charge in [-0.3, -0.25) is 4.79 Å². The molecule has 0 heterocycles. The Morgan fingerprint density at radius 1 is 1.15 bits per heavy atom. The van der Waals surface area contributed by atoms with Gasteiger partial charge in [0.05, 0.1) is 17.2 Å². The third kappa shape index (κ3) is 2.09. The van der Waals surface area contributed by atoms with Gasteiger partial charge in [0.15, 0.2) is 5.78 Å². The van der Waals surface area contributed by atoms with Crippen molar-refractivity contribution in [2.75, 3.05) is 7.11 Å². The molecule has 0 spiro atoms. The quantitative estimate of drug-likeness (QED) is 0.802. The molecule has 0 amide bonds. The molecule has 0 unspecified atom stereocenters. The summed E-state index contributed by atoms with van der Waals surface area (Å²) >= 11 is 12.0. The van der Waals surface area contributed by atoms with E-state index in [1.165, 1.54) is 0 Å². The number of hydrogen-bond donors (Lipinski definition) is 0. The van der Waals surface area contributed by atoms with Crippen molar-refractivity contribution in [1.29, 1.82) is 0 Å². The Bertz CT molecular complexity index is 695. The van der Waals surface area contributed by atoms with Gasteiger partial charge in [0, 0.05) is 23.5 Å². The number of carbonyl (C=O) groups excluding carboxylic acids is 1. The van der Waals surface area contributed by atoms with Crippen LogP contribution >= 0.6 is 23.2 Å². The highest BCUT2D eigenvalue weighted by Crippen LogP contribution is 2.44. The highest BCUT2D eigenvalue weighted by atomic mass is 35.5. The van der Waals surface area contributed by atoms with E-state index < -0.39 is 0 Å². The number of halogens is 2. The lowest BCUT2D eigenvalue weighted by Crippen LogP contribution is -1.99. The van der Waals surface area contributed by atoms with Crippen LogP contribution < -0.4 is 4.74 Å². The average molecular weight is 307 g/mol. The van der Waals surface area contributed by atoms with Crippen LogP contribution in [0.2, 0.25) is 10.0 Å². The maximum absolute atomic E-state index is 12.2. The minimum Gasteiger partial charge on any atom is -0.496 e. The second-order valence-corrected chi connectivity index (χ2v) is 5.59. The second kappa shape index (κ2) is 5.12. The molecule has 102 valence electrons. The molecule has 0 N–H and O–H groups in total. The topological polar surface area (TPSA) is 26.3 Å². The monoisotopic (exact) mass is 306 g/mol. The third-order valence-electron chi connectivity index (χ3n) is 3.67. The van der Waals surface area contributed by atoms with Crippen LogP contribution in [0.5, 0.6) is 5.75 Å². The molecule has 0 saturated heterocycles. The zero-order valence-electron chi connectivity index (χ0n) is 10.8. The van der Waals surface area contributed by atoms with Crippen LogP contribution in [-0.2, 0) is 0 Å². The number of carbonyl (C=O) groups is 1. The molecule has 0 bridgehead atoms. The van der Waals surface area contributed by atoms with Crippen LogP contribution in [0.4, 0.5) is 0 Å². The summed E-state index contributed by atoms with van der Waals surface area (Å²) in [7, 11) is 1.62. The van der Waals surface area contributed by atoms with E-state index in [1.807, 2.05) is 30.3 Å². The Labute approximate surface area is 127 Å². The molecule has 0 aliphatic heterocycles. The summed E-state index contributed by atoms with van der Waals surface area (Å²) in [5.41, 5.74) is 2.66. The van der Waals surface area contributed by atoms with Crippen molar-refractivity contribution in [3.8, 4) is 5.75 Å². The van der Waals surface area contributed by atoms with Crippen LogP contribution in [-0.4, -0.2) is 12.9 Å². The van der Waals surface area contributed by atoms with Crippen LogP contribution in [0, 0.1) is 0 Å². The number of ketones is 1. The van der Waals surface area contributed by atoms with Gasteiger partial charge in [-0.2, -0.15) is 0 Å². The zero-order valence-corrected chi connectivity index (χ0v) is 12.3. The van der Waals surface area contributed by atoms with Crippen molar-refractivity contribution in [2.24, 2.45) is 0 Å². The summed E-state index contributed by atoms with van der Waals surface area (Å²) in [5, 5.41) is 1.01. The summed E-state index contributed by atoms with van der Waals surface area (Å²) in [6, 6.07) is 11.1. The maximum Gasteiger partial charge on any atom is 0.164 e. The third-order valence-corrected chi connectivity index (χ3v) is 4.41. The Morgan fingerprint density at radius 3 is 2.65 bits per heavy atom. The Hall–Kier alpha value is -1.51. The Kier molecular flexibility index (Phi) is 3.45. The van der Waals surface area contributed by atoms with E-state index in [0.717, 1.165) is 22.4 Å². The van der Waals surface area contributed by atoms with Crippen molar-refractivity contribution in [1.82, 2.24) is 0 Å². The largest absolute Gasteiger partial charge is 0.496 e. The summed E-state index contributed by atoms with van der Waals surface area (Å²) in [4.78, 5) is 12.2. The minimum atomic E-state index is -0.0246. The van der Waals surface area contributed by atoms with E-state index in [9.17, 15) is 4.79 Å². The molecule has 2 aromatic rings. The van der Waals surface area contributed by atoms with Crippen LogP contribution in [0.1, 0.15) is 33.8 Å². The first kappa shape index (κ1) is 13.5. The number of fused-ring (bicyclic) bond motifs is 1. The smallest absolute Gasteiger partial charge is 0.164 e. The Balaban J connectivity index is 2.14. The van der Waals surface area contributed by atoms with Gasteiger partial charge in [0.2, 0.25) is 0 Å². The van der Waals surface area contributed by atoms with E-state index >= 15 is 0 Å². The molecule has 2 nitrogen and oxygen atoms in total. The van der Waals surface area contributed by atoms with E-state index in [2.05, 4.69) is 0 Å². The summed E-state index contributed by atoms with van der Waals surface area (Å²) in [6.07, 6.45) is 0.438. The van der Waals surface area contributed by atoms with Crippen molar-refractivity contribution in [2.45, 2.75) is 12.3 Å². The SMILES string of the molecule is COc1cccc2c1[C@H](c1ccc(Cl)c(Cl)c1)CC2=O. The molecule has 0 aromatic heterocycles. The van der Waals surface area contributed by atoms with Gasteiger partial charge in [-0.15, -0.1) is 0 Å². The summed E-state index contributed by atoms with van der Waals surface area (Å²) in [6.45, 7) is 0. The van der Waals surface area contributed by atoms with Gasteiger partial charge in [-0.25, -0.2) is 0 Å². The average Bonchev–Trinajstić information content (AvgIpc) is 2.79. The van der Waals surface area contributed by atoms with Gasteiger partial charge in [0.25, 0.3) is 0 Å². The van der Waals surface area contributed by atoms with Gasteiger partial charge < -0.3 is 4.74 Å². The predicted octanol–water partition coefficient (Wildman–Crippen LogP) is 4.72. The molecule has 20 heavy (non-hydrogen) atoms.